The molecule has 1 heterocycles. The molecule has 2 aliphatic rings. The van der Waals surface area contributed by atoms with Crippen LogP contribution in [0, 0.1) is 5.41 Å². The lowest BCUT2D eigenvalue weighted by atomic mass is 9.90. The van der Waals surface area contributed by atoms with Crippen molar-refractivity contribution in [3.05, 3.63) is 0 Å². The van der Waals surface area contributed by atoms with Crippen LogP contribution >= 0.6 is 11.8 Å². The molecule has 2 rings (SSSR count). The van der Waals surface area contributed by atoms with Crippen LogP contribution < -0.4 is 5.32 Å². The van der Waals surface area contributed by atoms with Gasteiger partial charge in [0, 0.05) is 24.4 Å². The van der Waals surface area contributed by atoms with Crippen LogP contribution in [-0.4, -0.2) is 52.6 Å². The highest BCUT2D eigenvalue weighted by Crippen LogP contribution is 2.39. The zero-order valence-electron chi connectivity index (χ0n) is 12.3. The maximum Gasteiger partial charge on any atom is 0.317 e. The summed E-state index contributed by atoms with van der Waals surface area (Å²) in [6, 6.07) is -0.115. The first-order chi connectivity index (χ1) is 9.41. The van der Waals surface area contributed by atoms with Crippen molar-refractivity contribution >= 4 is 23.8 Å². The van der Waals surface area contributed by atoms with Gasteiger partial charge in [0.15, 0.2) is 0 Å². The smallest absolute Gasteiger partial charge is 0.317 e. The van der Waals surface area contributed by atoms with Gasteiger partial charge in [-0.25, -0.2) is 4.79 Å². The average molecular weight is 300 g/mol. The van der Waals surface area contributed by atoms with Crippen LogP contribution in [0.4, 0.5) is 4.79 Å². The maximum absolute atomic E-state index is 12.2. The normalized spacial score (nSPS) is 28.6. The minimum absolute atomic E-state index is 0.115. The van der Waals surface area contributed by atoms with Crippen LogP contribution in [0.5, 0.6) is 0 Å². The minimum atomic E-state index is -0.816. The summed E-state index contributed by atoms with van der Waals surface area (Å²) in [6.07, 6.45) is 7.41. The van der Waals surface area contributed by atoms with Crippen LogP contribution in [0.25, 0.3) is 0 Å². The van der Waals surface area contributed by atoms with E-state index in [1.54, 1.807) is 11.8 Å². The molecule has 1 saturated heterocycles. The van der Waals surface area contributed by atoms with E-state index in [1.165, 1.54) is 12.8 Å². The number of carboxylic acids is 1. The van der Waals surface area contributed by atoms with Gasteiger partial charge in [-0.2, -0.15) is 11.8 Å². The van der Waals surface area contributed by atoms with Gasteiger partial charge >= 0.3 is 12.0 Å². The lowest BCUT2D eigenvalue weighted by molar-refractivity contribution is -0.146. The van der Waals surface area contributed by atoms with E-state index in [-0.39, 0.29) is 10.8 Å². The zero-order valence-corrected chi connectivity index (χ0v) is 13.1. The van der Waals surface area contributed by atoms with Crippen LogP contribution in [0.15, 0.2) is 0 Å². The van der Waals surface area contributed by atoms with Gasteiger partial charge in [-0.05, 0) is 32.4 Å². The Labute approximate surface area is 124 Å². The van der Waals surface area contributed by atoms with Crippen molar-refractivity contribution in [2.45, 2.75) is 43.8 Å². The highest BCUT2D eigenvalue weighted by atomic mass is 32.2. The Kier molecular flexibility index (Phi) is 4.52. The predicted molar refractivity (Wildman–Crippen MR) is 80.0 cm³/mol. The quantitative estimate of drug-likeness (QED) is 0.835. The molecule has 5 nitrogen and oxygen atoms in total. The second-order valence-corrected chi connectivity index (χ2v) is 7.56. The summed E-state index contributed by atoms with van der Waals surface area (Å²) in [7, 11) is 0. The molecular formula is C14H24N2O3S. The SMILES string of the molecule is CSC1(CNC(=O)N2CCC(C)(C(=O)O)C2)CCCC1. The number of rotatable bonds is 4. The molecule has 1 saturated carbocycles. The lowest BCUT2D eigenvalue weighted by Crippen LogP contribution is -2.45. The van der Waals surface area contributed by atoms with Gasteiger partial charge in [-0.3, -0.25) is 4.79 Å². The topological polar surface area (TPSA) is 69.6 Å². The minimum Gasteiger partial charge on any atom is -0.481 e. The Morgan fingerprint density at radius 3 is 2.45 bits per heavy atom. The molecule has 2 fully saturated rings. The molecule has 20 heavy (non-hydrogen) atoms. The second-order valence-electron chi connectivity index (χ2n) is 6.29. The molecule has 0 radical (unpaired) electrons. The number of hydrogen-bond donors (Lipinski definition) is 2. The fraction of sp³-hybridized carbons (Fsp3) is 0.857. The molecule has 0 spiro atoms. The van der Waals surface area contributed by atoms with E-state index in [0.29, 0.717) is 26.1 Å². The van der Waals surface area contributed by atoms with E-state index in [1.807, 2.05) is 11.8 Å². The fourth-order valence-electron chi connectivity index (χ4n) is 3.13. The van der Waals surface area contributed by atoms with Crippen molar-refractivity contribution in [1.82, 2.24) is 10.2 Å². The number of carbonyl (C=O) groups excluding carboxylic acids is 1. The highest BCUT2D eigenvalue weighted by molar-refractivity contribution is 8.00. The van der Waals surface area contributed by atoms with Crippen LogP contribution in [0.1, 0.15) is 39.0 Å². The number of thioether (sulfide) groups is 1. The van der Waals surface area contributed by atoms with E-state index >= 15 is 0 Å². The third-order valence-electron chi connectivity index (χ3n) is 4.79. The summed E-state index contributed by atoms with van der Waals surface area (Å²) in [5.74, 6) is -0.816. The first-order valence-corrected chi connectivity index (χ1v) is 8.45. The van der Waals surface area contributed by atoms with Gasteiger partial charge in [0.05, 0.1) is 5.41 Å². The molecule has 0 aromatic rings. The number of carboxylic acid groups (broad SMARTS) is 1. The van der Waals surface area contributed by atoms with Crippen molar-refractivity contribution in [2.24, 2.45) is 5.41 Å². The van der Waals surface area contributed by atoms with Gasteiger partial charge in [0.25, 0.3) is 0 Å². The van der Waals surface area contributed by atoms with Crippen LogP contribution in [-0.2, 0) is 4.79 Å². The second kappa shape index (κ2) is 5.84. The number of nitrogens with one attached hydrogen (secondary N) is 1. The average Bonchev–Trinajstić information content (AvgIpc) is 3.04. The zero-order chi connectivity index (χ0) is 14.8. The molecule has 1 aliphatic carbocycles. The van der Waals surface area contributed by atoms with E-state index in [4.69, 9.17) is 0 Å². The molecular weight excluding hydrogens is 276 g/mol. The van der Waals surface area contributed by atoms with Gasteiger partial charge in [-0.15, -0.1) is 0 Å². The van der Waals surface area contributed by atoms with Crippen molar-refractivity contribution in [1.29, 1.82) is 0 Å². The summed E-state index contributed by atoms with van der Waals surface area (Å²) in [5.41, 5.74) is -0.790. The number of amides is 2. The number of nitrogens with zero attached hydrogens (tertiary/aromatic N) is 1. The van der Waals surface area contributed by atoms with Gasteiger partial charge in [-0.1, -0.05) is 12.8 Å². The molecule has 2 N–H and O–H groups in total. The summed E-state index contributed by atoms with van der Waals surface area (Å²) in [6.45, 7) is 3.23. The van der Waals surface area contributed by atoms with E-state index in [9.17, 15) is 14.7 Å². The summed E-state index contributed by atoms with van der Waals surface area (Å²) >= 11 is 1.84. The van der Waals surface area contributed by atoms with Crippen molar-refractivity contribution in [3.63, 3.8) is 0 Å². The summed E-state index contributed by atoms with van der Waals surface area (Å²) in [5, 5.41) is 12.2. The van der Waals surface area contributed by atoms with E-state index in [0.717, 1.165) is 12.8 Å². The largest absolute Gasteiger partial charge is 0.481 e. The standard InChI is InChI=1S/C14H24N2O3S/c1-13(11(17)18)7-8-16(10-13)12(19)15-9-14(20-2)5-3-4-6-14/h3-10H2,1-2H3,(H,15,19)(H,17,18). The van der Waals surface area contributed by atoms with Crippen LogP contribution in [0.2, 0.25) is 0 Å². The van der Waals surface area contributed by atoms with Gasteiger partial charge < -0.3 is 15.3 Å². The number of hydrogen-bond acceptors (Lipinski definition) is 3. The van der Waals surface area contributed by atoms with Crippen molar-refractivity contribution < 1.29 is 14.7 Å². The monoisotopic (exact) mass is 300 g/mol. The maximum atomic E-state index is 12.2. The number of carbonyl (C=O) groups is 2. The Morgan fingerprint density at radius 1 is 1.30 bits per heavy atom. The van der Waals surface area contributed by atoms with E-state index in [2.05, 4.69) is 11.6 Å². The van der Waals surface area contributed by atoms with E-state index < -0.39 is 11.4 Å². The first kappa shape index (κ1) is 15.5. The van der Waals surface area contributed by atoms with Crippen molar-refractivity contribution in [3.8, 4) is 0 Å². The Morgan fingerprint density at radius 2 is 1.95 bits per heavy atom. The Balaban J connectivity index is 1.86. The van der Waals surface area contributed by atoms with Crippen LogP contribution in [0.3, 0.4) is 0 Å². The number of urea groups is 1. The number of likely N-dealkylation sites (tertiary alicyclic amines) is 1. The molecule has 114 valence electrons. The predicted octanol–water partition coefficient (Wildman–Crippen LogP) is 2.17. The molecule has 1 atom stereocenters. The Hall–Kier alpha value is -0.910. The molecule has 0 aromatic carbocycles. The molecule has 1 aliphatic heterocycles. The molecule has 2 amide bonds. The molecule has 0 aromatic heterocycles. The fourth-order valence-corrected chi connectivity index (χ4v) is 4.04. The third-order valence-corrected chi connectivity index (χ3v) is 6.21. The van der Waals surface area contributed by atoms with Gasteiger partial charge in [0.2, 0.25) is 0 Å². The van der Waals surface area contributed by atoms with Crippen molar-refractivity contribution in [2.75, 3.05) is 25.9 Å². The third kappa shape index (κ3) is 3.05. The summed E-state index contributed by atoms with van der Waals surface area (Å²) < 4.78 is 0.186. The Bertz CT molecular complexity index is 396. The van der Waals surface area contributed by atoms with Gasteiger partial charge in [0.1, 0.15) is 0 Å². The summed E-state index contributed by atoms with van der Waals surface area (Å²) in [4.78, 5) is 25.0. The highest BCUT2D eigenvalue weighted by Gasteiger charge is 2.42. The molecule has 1 unspecified atom stereocenters. The lowest BCUT2D eigenvalue weighted by Gasteiger charge is -2.28. The molecule has 0 bridgehead atoms. The first-order valence-electron chi connectivity index (χ1n) is 7.22. The number of aliphatic carboxylic acids is 1. The molecule has 6 heteroatoms.